The lowest BCUT2D eigenvalue weighted by Crippen LogP contribution is -2.57. The van der Waals surface area contributed by atoms with Gasteiger partial charge in [-0.1, -0.05) is 26.8 Å². The first-order valence-corrected chi connectivity index (χ1v) is 11.6. The molecule has 0 bridgehead atoms. The molecule has 26 heavy (non-hydrogen) atoms. The molecule has 5 aliphatic rings. The molecule has 0 aromatic rings. The van der Waals surface area contributed by atoms with E-state index >= 15 is 0 Å². The second kappa shape index (κ2) is 5.62. The normalized spacial score (nSPS) is 58.3. The van der Waals surface area contributed by atoms with Crippen LogP contribution < -0.4 is 0 Å². The van der Waals surface area contributed by atoms with Crippen molar-refractivity contribution in [2.45, 2.75) is 84.7 Å². The van der Waals surface area contributed by atoms with E-state index in [1.165, 1.54) is 57.8 Å². The van der Waals surface area contributed by atoms with Gasteiger partial charge in [-0.25, -0.2) is 0 Å². The summed E-state index contributed by atoms with van der Waals surface area (Å²) in [6, 6.07) is 0. The quantitative estimate of drug-likeness (QED) is 0.524. The minimum Gasteiger partial charge on any atom is -0.381 e. The summed E-state index contributed by atoms with van der Waals surface area (Å²) in [4.78, 5) is 0. The summed E-state index contributed by atoms with van der Waals surface area (Å²) in [5.74, 6) is 5.57. The fraction of sp³-hybridized carbons (Fsp3) is 0.920. The van der Waals surface area contributed by atoms with E-state index in [0.29, 0.717) is 22.3 Å². The van der Waals surface area contributed by atoms with Crippen LogP contribution in [0.15, 0.2) is 12.7 Å². The fourth-order valence-electron chi connectivity index (χ4n) is 9.98. The van der Waals surface area contributed by atoms with Crippen molar-refractivity contribution >= 4 is 0 Å². The Hall–Kier alpha value is -0.300. The Morgan fingerprint density at radius 1 is 1.12 bits per heavy atom. The van der Waals surface area contributed by atoms with E-state index in [2.05, 4.69) is 33.4 Å². The van der Waals surface area contributed by atoms with Crippen LogP contribution in [0.1, 0.15) is 78.6 Å². The SMILES string of the molecule is C=CC[C@@H](C)C1CC[C@H]2[C@@H]3C[C@@H](OC)[C@]45C[C@@H]4CC[C@]5(C)[C@H]3CC[C@]12C. The number of allylic oxidation sites excluding steroid dienone is 1. The van der Waals surface area contributed by atoms with Crippen molar-refractivity contribution < 1.29 is 4.74 Å². The number of rotatable bonds is 4. The molecular weight excluding hydrogens is 316 g/mol. The van der Waals surface area contributed by atoms with Gasteiger partial charge in [-0.05, 0) is 104 Å². The number of hydrogen-bond donors (Lipinski definition) is 0. The van der Waals surface area contributed by atoms with Crippen LogP contribution >= 0.6 is 0 Å². The summed E-state index contributed by atoms with van der Waals surface area (Å²) in [6.45, 7) is 11.9. The lowest BCUT2D eigenvalue weighted by molar-refractivity contribution is -0.161. The van der Waals surface area contributed by atoms with Crippen molar-refractivity contribution in [1.82, 2.24) is 0 Å². The Kier molecular flexibility index (Phi) is 3.84. The van der Waals surface area contributed by atoms with Crippen molar-refractivity contribution in [1.29, 1.82) is 0 Å². The van der Waals surface area contributed by atoms with Crippen LogP contribution in [-0.4, -0.2) is 13.2 Å². The van der Waals surface area contributed by atoms with Gasteiger partial charge in [0.2, 0.25) is 0 Å². The van der Waals surface area contributed by atoms with Gasteiger partial charge in [-0.15, -0.1) is 6.58 Å². The van der Waals surface area contributed by atoms with Gasteiger partial charge in [0.05, 0.1) is 6.10 Å². The summed E-state index contributed by atoms with van der Waals surface area (Å²) in [5.41, 5.74) is 1.72. The lowest BCUT2D eigenvalue weighted by Gasteiger charge is -2.61. The van der Waals surface area contributed by atoms with Crippen LogP contribution in [0.25, 0.3) is 0 Å². The van der Waals surface area contributed by atoms with Crippen LogP contribution in [-0.2, 0) is 4.74 Å². The van der Waals surface area contributed by atoms with Gasteiger partial charge in [0.15, 0.2) is 0 Å². The van der Waals surface area contributed by atoms with Crippen LogP contribution in [0.4, 0.5) is 0 Å². The number of fused-ring (bicyclic) bond motifs is 4. The zero-order chi connectivity index (χ0) is 18.3. The topological polar surface area (TPSA) is 9.23 Å². The number of hydrogen-bond acceptors (Lipinski definition) is 1. The van der Waals surface area contributed by atoms with E-state index in [1.807, 2.05) is 7.11 Å². The summed E-state index contributed by atoms with van der Waals surface area (Å²) in [6.07, 6.45) is 15.6. The highest BCUT2D eigenvalue weighted by Crippen LogP contribution is 2.82. The Labute approximate surface area is 161 Å². The van der Waals surface area contributed by atoms with Crippen molar-refractivity contribution in [3.63, 3.8) is 0 Å². The smallest absolute Gasteiger partial charge is 0.0638 e. The molecule has 10 atom stereocenters. The first-order valence-electron chi connectivity index (χ1n) is 11.6. The third kappa shape index (κ3) is 1.92. The Morgan fingerprint density at radius 3 is 2.62 bits per heavy atom. The van der Waals surface area contributed by atoms with Gasteiger partial charge in [-0.3, -0.25) is 0 Å². The third-order valence-corrected chi connectivity index (χ3v) is 11.1. The fourth-order valence-corrected chi connectivity index (χ4v) is 9.98. The molecule has 5 aliphatic carbocycles. The molecule has 0 aromatic carbocycles. The van der Waals surface area contributed by atoms with E-state index < -0.39 is 0 Å². The first-order chi connectivity index (χ1) is 12.4. The molecule has 146 valence electrons. The lowest BCUT2D eigenvalue weighted by atomic mass is 9.45. The van der Waals surface area contributed by atoms with E-state index in [-0.39, 0.29) is 0 Å². The minimum absolute atomic E-state index is 0.549. The molecule has 1 unspecified atom stereocenters. The maximum Gasteiger partial charge on any atom is 0.0638 e. The third-order valence-electron chi connectivity index (χ3n) is 11.1. The molecule has 1 nitrogen and oxygen atoms in total. The van der Waals surface area contributed by atoms with E-state index in [9.17, 15) is 0 Å². The van der Waals surface area contributed by atoms with Gasteiger partial charge in [0.1, 0.15) is 0 Å². The highest BCUT2D eigenvalue weighted by atomic mass is 16.5. The molecule has 0 N–H and O–H groups in total. The van der Waals surface area contributed by atoms with Gasteiger partial charge in [0.25, 0.3) is 0 Å². The summed E-state index contributed by atoms with van der Waals surface area (Å²) >= 11 is 0. The molecule has 5 rings (SSSR count). The zero-order valence-corrected chi connectivity index (χ0v) is 17.6. The van der Waals surface area contributed by atoms with E-state index in [1.54, 1.807) is 0 Å². The van der Waals surface area contributed by atoms with Crippen molar-refractivity contribution in [2.75, 3.05) is 7.11 Å². The molecule has 0 radical (unpaired) electrons. The molecule has 1 spiro atoms. The monoisotopic (exact) mass is 356 g/mol. The minimum atomic E-state index is 0.549. The molecule has 5 saturated carbocycles. The first kappa shape index (κ1) is 17.8. The Morgan fingerprint density at radius 2 is 1.92 bits per heavy atom. The summed E-state index contributed by atoms with van der Waals surface area (Å²) in [5, 5.41) is 0. The molecule has 0 heterocycles. The highest BCUT2D eigenvalue weighted by molar-refractivity contribution is 5.26. The number of methoxy groups -OCH3 is 1. The summed E-state index contributed by atoms with van der Waals surface area (Å²) in [7, 11) is 2.01. The molecule has 0 aromatic heterocycles. The van der Waals surface area contributed by atoms with Crippen molar-refractivity contribution in [2.24, 2.45) is 51.8 Å². The molecule has 0 amide bonds. The van der Waals surface area contributed by atoms with Crippen LogP contribution in [0.5, 0.6) is 0 Å². The predicted molar refractivity (Wildman–Crippen MR) is 108 cm³/mol. The average Bonchev–Trinajstić information content (AvgIpc) is 3.12. The van der Waals surface area contributed by atoms with Crippen LogP contribution in [0.2, 0.25) is 0 Å². The zero-order valence-electron chi connectivity index (χ0n) is 17.6. The molecule has 5 fully saturated rings. The molecule has 0 aliphatic heterocycles. The van der Waals surface area contributed by atoms with Crippen LogP contribution in [0, 0.1) is 51.8 Å². The second-order valence-electron chi connectivity index (χ2n) is 11.5. The maximum absolute atomic E-state index is 6.24. The van der Waals surface area contributed by atoms with Gasteiger partial charge in [0, 0.05) is 12.5 Å². The van der Waals surface area contributed by atoms with Crippen molar-refractivity contribution in [3.8, 4) is 0 Å². The van der Waals surface area contributed by atoms with Crippen molar-refractivity contribution in [3.05, 3.63) is 12.7 Å². The Bertz CT molecular complexity index is 597. The average molecular weight is 357 g/mol. The highest BCUT2D eigenvalue weighted by Gasteiger charge is 2.77. The predicted octanol–water partition coefficient (Wildman–Crippen LogP) is 6.48. The van der Waals surface area contributed by atoms with E-state index in [0.717, 1.165) is 35.5 Å². The van der Waals surface area contributed by atoms with Gasteiger partial charge < -0.3 is 4.74 Å². The van der Waals surface area contributed by atoms with E-state index in [4.69, 9.17) is 4.74 Å². The molecule has 0 saturated heterocycles. The number of ether oxygens (including phenoxy) is 1. The molecular formula is C25H40O. The summed E-state index contributed by atoms with van der Waals surface area (Å²) < 4.78 is 6.24. The Balaban J connectivity index is 1.47. The van der Waals surface area contributed by atoms with Gasteiger partial charge >= 0.3 is 0 Å². The largest absolute Gasteiger partial charge is 0.381 e. The second-order valence-corrected chi connectivity index (χ2v) is 11.5. The standard InChI is InChI=1S/C25H40O/c1-6-7-16(2)19-8-9-20-18-14-22(26-5)25-15-17(25)10-13-24(25,4)21(18)11-12-23(19,20)3/h6,16-22H,1,7-15H2,2-5H3/t16-,17+,18+,19?,20+,21+,22-,23-,24-,25+/m1/s1. The maximum atomic E-state index is 6.24. The van der Waals surface area contributed by atoms with Crippen LogP contribution in [0.3, 0.4) is 0 Å². The van der Waals surface area contributed by atoms with Gasteiger partial charge in [-0.2, -0.15) is 0 Å². The molecule has 1 heteroatoms.